The van der Waals surface area contributed by atoms with Crippen LogP contribution in [0, 0.1) is 0 Å². The van der Waals surface area contributed by atoms with Gasteiger partial charge in [0.05, 0.1) is 32.8 Å². The van der Waals surface area contributed by atoms with Crippen molar-refractivity contribution in [2.24, 2.45) is 5.73 Å². The Morgan fingerprint density at radius 2 is 1.33 bits per heavy atom. The zero-order valence-corrected chi connectivity index (χ0v) is 21.1. The van der Waals surface area contributed by atoms with E-state index in [1.165, 1.54) is 5.56 Å². The lowest BCUT2D eigenvalue weighted by Gasteiger charge is -2.45. The second-order valence-corrected chi connectivity index (χ2v) is 9.85. The highest BCUT2D eigenvalue weighted by molar-refractivity contribution is 5.79. The van der Waals surface area contributed by atoms with Crippen LogP contribution in [-0.4, -0.2) is 41.8 Å². The minimum Gasteiger partial charge on any atom is -0.496 e. The van der Waals surface area contributed by atoms with Crippen molar-refractivity contribution in [2.45, 2.75) is 56.4 Å². The zero-order chi connectivity index (χ0) is 25.1. The Morgan fingerprint density at radius 3 is 1.92 bits per heavy atom. The molecule has 2 amide bonds. The number of urea groups is 1. The van der Waals surface area contributed by atoms with Crippen molar-refractivity contribution in [1.82, 2.24) is 9.80 Å². The van der Waals surface area contributed by atoms with E-state index in [1.54, 1.807) is 14.2 Å². The van der Waals surface area contributed by atoms with Crippen molar-refractivity contribution in [2.75, 3.05) is 14.2 Å². The Labute approximate surface area is 213 Å². The molecule has 1 unspecified atom stereocenters. The number of nitrogens with two attached hydrogens (primary N) is 1. The van der Waals surface area contributed by atoms with E-state index >= 15 is 0 Å². The molecule has 1 atom stereocenters. The maximum Gasteiger partial charge on any atom is 0.322 e. The quantitative estimate of drug-likeness (QED) is 0.478. The van der Waals surface area contributed by atoms with E-state index in [-0.39, 0.29) is 6.03 Å². The molecular formula is C30H35N3O3. The molecule has 1 saturated carbocycles. The van der Waals surface area contributed by atoms with Gasteiger partial charge >= 0.3 is 6.03 Å². The number of rotatable bonds is 7. The van der Waals surface area contributed by atoms with Gasteiger partial charge in [-0.3, -0.25) is 0 Å². The van der Waals surface area contributed by atoms with Crippen LogP contribution in [0.15, 0.2) is 78.9 Å². The lowest BCUT2D eigenvalue weighted by atomic mass is 9.72. The first kappa shape index (κ1) is 24.2. The van der Waals surface area contributed by atoms with Crippen molar-refractivity contribution in [1.29, 1.82) is 0 Å². The molecule has 2 aliphatic rings. The third kappa shape index (κ3) is 4.30. The molecule has 6 nitrogen and oxygen atoms in total. The monoisotopic (exact) mass is 485 g/mol. The van der Waals surface area contributed by atoms with Crippen LogP contribution in [0.5, 0.6) is 11.5 Å². The molecule has 1 spiro atoms. The van der Waals surface area contributed by atoms with E-state index in [0.29, 0.717) is 19.0 Å². The van der Waals surface area contributed by atoms with Crippen LogP contribution < -0.4 is 15.2 Å². The van der Waals surface area contributed by atoms with Gasteiger partial charge in [0, 0.05) is 11.1 Å². The minimum atomic E-state index is -0.439. The number of nitrogens with zero attached hydrogens (tertiary/aromatic N) is 2. The number of carbonyl (C=O) groups excluding carboxylic acids is 1. The number of amides is 2. The fourth-order valence-electron chi connectivity index (χ4n) is 6.07. The Morgan fingerprint density at radius 1 is 0.806 bits per heavy atom. The number of para-hydroxylation sites is 2. The number of benzene rings is 3. The number of methoxy groups -OCH3 is 2. The summed E-state index contributed by atoms with van der Waals surface area (Å²) in [5.74, 6) is 2.04. The first-order chi connectivity index (χ1) is 17.6. The Balaban J connectivity index is 1.47. The van der Waals surface area contributed by atoms with Gasteiger partial charge in [0.1, 0.15) is 17.7 Å². The van der Waals surface area contributed by atoms with Gasteiger partial charge in [-0.1, -0.05) is 66.7 Å². The van der Waals surface area contributed by atoms with E-state index in [4.69, 9.17) is 15.2 Å². The summed E-state index contributed by atoms with van der Waals surface area (Å²) in [7, 11) is 3.33. The number of carbonyl (C=O) groups is 1. The molecule has 3 aromatic rings. The van der Waals surface area contributed by atoms with Crippen LogP contribution in [-0.2, 0) is 13.1 Å². The van der Waals surface area contributed by atoms with Gasteiger partial charge in [-0.05, 0) is 49.3 Å². The fraction of sp³-hybridized carbons (Fsp3) is 0.367. The molecule has 2 N–H and O–H groups in total. The molecule has 1 heterocycles. The summed E-state index contributed by atoms with van der Waals surface area (Å²) in [5.41, 5.74) is 9.88. The van der Waals surface area contributed by atoms with Gasteiger partial charge in [-0.2, -0.15) is 0 Å². The normalized spacial score (nSPS) is 23.8. The molecular weight excluding hydrogens is 450 g/mol. The lowest BCUT2D eigenvalue weighted by molar-refractivity contribution is 0.0757. The van der Waals surface area contributed by atoms with Crippen LogP contribution >= 0.6 is 0 Å². The maximum atomic E-state index is 14.0. The molecule has 3 aromatic carbocycles. The van der Waals surface area contributed by atoms with E-state index in [1.807, 2.05) is 58.3 Å². The van der Waals surface area contributed by atoms with Crippen molar-refractivity contribution < 1.29 is 14.3 Å². The summed E-state index contributed by atoms with van der Waals surface area (Å²) in [6.45, 7) is 0.880. The van der Waals surface area contributed by atoms with Gasteiger partial charge in [-0.25, -0.2) is 4.79 Å². The SMILES string of the molecule is COc1ccccc1CN1C(=O)N(Cc2ccccc2OC)C2(CCC(c3ccccc3)CC2)C1N. The van der Waals surface area contributed by atoms with E-state index < -0.39 is 11.7 Å². The van der Waals surface area contributed by atoms with E-state index in [2.05, 4.69) is 30.3 Å². The highest BCUT2D eigenvalue weighted by Crippen LogP contribution is 2.48. The Hall–Kier alpha value is -3.51. The predicted octanol–water partition coefficient (Wildman–Crippen LogP) is 5.52. The van der Waals surface area contributed by atoms with E-state index in [0.717, 1.165) is 48.3 Å². The summed E-state index contributed by atoms with van der Waals surface area (Å²) >= 11 is 0. The van der Waals surface area contributed by atoms with Crippen LogP contribution in [0.1, 0.15) is 48.3 Å². The molecule has 188 valence electrons. The Bertz CT molecular complexity index is 1190. The molecule has 6 heteroatoms. The van der Waals surface area contributed by atoms with Crippen molar-refractivity contribution >= 4 is 6.03 Å². The highest BCUT2D eigenvalue weighted by atomic mass is 16.5. The standard InChI is InChI=1S/C30H35N3O3/c1-35-26-14-8-6-12-24(26)20-32-28(31)30(18-16-23(17-19-30)22-10-4-3-5-11-22)33(29(32)34)21-25-13-7-9-15-27(25)36-2/h3-15,23,28H,16-21,31H2,1-2H3. The van der Waals surface area contributed by atoms with Gasteiger partial charge in [0.2, 0.25) is 0 Å². The molecule has 36 heavy (non-hydrogen) atoms. The number of hydrogen-bond donors (Lipinski definition) is 1. The third-order valence-corrected chi connectivity index (χ3v) is 8.08. The largest absolute Gasteiger partial charge is 0.496 e. The first-order valence-electron chi connectivity index (χ1n) is 12.7. The molecule has 0 aromatic heterocycles. The van der Waals surface area contributed by atoms with Crippen molar-refractivity contribution in [3.8, 4) is 11.5 Å². The number of hydrogen-bond acceptors (Lipinski definition) is 4. The topological polar surface area (TPSA) is 68.0 Å². The lowest BCUT2D eigenvalue weighted by Crippen LogP contribution is -2.57. The van der Waals surface area contributed by atoms with Crippen LogP contribution in [0.3, 0.4) is 0 Å². The molecule has 1 aliphatic heterocycles. The van der Waals surface area contributed by atoms with Crippen molar-refractivity contribution in [3.63, 3.8) is 0 Å². The van der Waals surface area contributed by atoms with Gasteiger partial charge in [0.15, 0.2) is 0 Å². The predicted molar refractivity (Wildman–Crippen MR) is 141 cm³/mol. The van der Waals surface area contributed by atoms with Crippen LogP contribution in [0.25, 0.3) is 0 Å². The first-order valence-corrected chi connectivity index (χ1v) is 12.7. The summed E-state index contributed by atoms with van der Waals surface area (Å²) in [6.07, 6.45) is 3.29. The minimum absolute atomic E-state index is 0.0301. The van der Waals surface area contributed by atoms with Gasteiger partial charge in [0.25, 0.3) is 0 Å². The number of ether oxygens (including phenoxy) is 2. The van der Waals surface area contributed by atoms with Gasteiger partial charge in [-0.15, -0.1) is 0 Å². The molecule has 1 aliphatic carbocycles. The molecule has 0 bridgehead atoms. The molecule has 2 fully saturated rings. The third-order valence-electron chi connectivity index (χ3n) is 8.08. The van der Waals surface area contributed by atoms with Gasteiger partial charge < -0.3 is 25.0 Å². The molecule has 1 saturated heterocycles. The fourth-order valence-corrected chi connectivity index (χ4v) is 6.07. The Kier molecular flexibility index (Phi) is 6.88. The maximum absolute atomic E-state index is 14.0. The van der Waals surface area contributed by atoms with Crippen molar-refractivity contribution in [3.05, 3.63) is 95.6 Å². The average molecular weight is 486 g/mol. The van der Waals surface area contributed by atoms with Crippen LogP contribution in [0.2, 0.25) is 0 Å². The highest BCUT2D eigenvalue weighted by Gasteiger charge is 2.56. The molecule has 0 radical (unpaired) electrons. The summed E-state index contributed by atoms with van der Waals surface area (Å²) in [4.78, 5) is 17.9. The van der Waals surface area contributed by atoms with E-state index in [9.17, 15) is 4.79 Å². The zero-order valence-electron chi connectivity index (χ0n) is 21.1. The molecule has 5 rings (SSSR count). The smallest absolute Gasteiger partial charge is 0.322 e. The van der Waals surface area contributed by atoms with Crippen LogP contribution in [0.4, 0.5) is 4.79 Å². The average Bonchev–Trinajstić information content (AvgIpc) is 3.11. The second-order valence-electron chi connectivity index (χ2n) is 9.85. The second kappa shape index (κ2) is 10.2. The summed E-state index contributed by atoms with van der Waals surface area (Å²) < 4.78 is 11.2. The summed E-state index contributed by atoms with van der Waals surface area (Å²) in [6, 6.07) is 26.4. The summed E-state index contributed by atoms with van der Waals surface area (Å²) in [5, 5.41) is 0.